The summed E-state index contributed by atoms with van der Waals surface area (Å²) in [5.74, 6) is 1.57. The van der Waals surface area contributed by atoms with Crippen LogP contribution in [0.2, 0.25) is 0 Å². The van der Waals surface area contributed by atoms with Gasteiger partial charge in [-0.3, -0.25) is 4.57 Å². The van der Waals surface area contributed by atoms with Crippen molar-refractivity contribution in [2.45, 2.75) is 0 Å². The lowest BCUT2D eigenvalue weighted by molar-refractivity contribution is 1.08. The molecule has 10 heteroatoms. The molecule has 0 aliphatic heterocycles. The molecule has 7 aromatic heterocycles. The van der Waals surface area contributed by atoms with Crippen LogP contribution in [0.1, 0.15) is 0 Å². The molecular weight excluding hydrogens is 1740 g/mol. The first kappa shape index (κ1) is 80.5. The SMILES string of the molecule is c1ccc(-c2nc(-c3ccccc3)c3cc(-n4c5ccccc5c5cc6c(ccc7ccc8ccccc8c76)cc54)ccc3n2)cc1.c1ccc(-c2nc3cccc(-n4c5ccccc5c5ccc6c(ccc7ccc8ccccc8c76)c54)c3nc2-c2ccccc2)cc1.c1ccc2c(c1)ccc1ccc3c(ccc4c3c3ccccc3n4-c3nc4ccccc4nc3-c3ccc4c(c3)sc3ccccc34)c12. The molecule has 0 saturated carbocycles. The lowest BCUT2D eigenvalue weighted by Gasteiger charge is -2.16. The van der Waals surface area contributed by atoms with Crippen molar-refractivity contribution >= 4 is 227 Å². The summed E-state index contributed by atoms with van der Waals surface area (Å²) in [6.07, 6.45) is 0. The molecule has 9 nitrogen and oxygen atoms in total. The van der Waals surface area contributed by atoms with Crippen molar-refractivity contribution in [2.75, 3.05) is 0 Å². The third kappa shape index (κ3) is 12.9. The molecule has 0 bridgehead atoms. The van der Waals surface area contributed by atoms with Crippen molar-refractivity contribution in [3.05, 3.63) is 479 Å². The van der Waals surface area contributed by atoms with E-state index in [0.29, 0.717) is 0 Å². The fraction of sp³-hybridized carbons (Fsp3) is 0. The van der Waals surface area contributed by atoms with Gasteiger partial charge in [0.15, 0.2) is 11.6 Å². The number of rotatable bonds is 8. The maximum Gasteiger partial charge on any atom is 0.165 e. The maximum absolute atomic E-state index is 5.48. The highest BCUT2D eigenvalue weighted by Crippen LogP contribution is 2.49. The predicted octanol–water partition coefficient (Wildman–Crippen LogP) is 35.3. The van der Waals surface area contributed by atoms with Crippen molar-refractivity contribution in [3.63, 3.8) is 0 Å². The normalized spacial score (nSPS) is 11.9. The van der Waals surface area contributed by atoms with Gasteiger partial charge in [0.2, 0.25) is 0 Å². The number of hydrogen-bond donors (Lipinski definition) is 0. The molecule has 0 spiro atoms. The second kappa shape index (κ2) is 32.5. The predicted molar refractivity (Wildman–Crippen MR) is 599 cm³/mol. The Balaban J connectivity index is 0.000000102. The van der Waals surface area contributed by atoms with Crippen LogP contribution in [0.4, 0.5) is 0 Å². The Morgan fingerprint density at radius 1 is 0.176 bits per heavy atom. The van der Waals surface area contributed by atoms with E-state index in [1.54, 1.807) is 0 Å². The van der Waals surface area contributed by atoms with Gasteiger partial charge in [0, 0.05) is 96.8 Å². The molecule has 0 unspecified atom stereocenters. The molecule has 7 heterocycles. The monoisotopic (exact) mass is 1820 g/mol. The van der Waals surface area contributed by atoms with E-state index in [-0.39, 0.29) is 0 Å². The smallest absolute Gasteiger partial charge is 0.165 e. The number of hydrogen-bond acceptors (Lipinski definition) is 7. The van der Waals surface area contributed by atoms with E-state index in [1.165, 1.54) is 166 Å². The Morgan fingerprint density at radius 2 is 0.620 bits per heavy atom. The van der Waals surface area contributed by atoms with Crippen LogP contribution in [0, 0.1) is 0 Å². The van der Waals surface area contributed by atoms with Crippen LogP contribution < -0.4 is 0 Å². The molecule has 0 aliphatic carbocycles. The fourth-order valence-corrected chi connectivity index (χ4v) is 23.8. The molecular formula is C132H79N9S. The zero-order chi connectivity index (χ0) is 93.1. The largest absolute Gasteiger partial charge is 0.309 e. The molecule has 658 valence electrons. The second-order valence-electron chi connectivity index (χ2n) is 36.9. The number of fused-ring (bicyclic) bond motifs is 32. The first-order chi connectivity index (χ1) is 70.4. The molecule has 142 heavy (non-hydrogen) atoms. The first-order valence-corrected chi connectivity index (χ1v) is 49.1. The minimum absolute atomic E-state index is 0.729. The minimum Gasteiger partial charge on any atom is -0.309 e. The Labute approximate surface area is 817 Å². The van der Waals surface area contributed by atoms with E-state index in [1.807, 2.05) is 59.9 Å². The van der Waals surface area contributed by atoms with Crippen molar-refractivity contribution in [1.82, 2.24) is 43.6 Å². The van der Waals surface area contributed by atoms with E-state index < -0.39 is 0 Å². The molecule has 0 radical (unpaired) electrons. The van der Waals surface area contributed by atoms with Gasteiger partial charge >= 0.3 is 0 Å². The summed E-state index contributed by atoms with van der Waals surface area (Å²) in [4.78, 5) is 31.7. The summed E-state index contributed by atoms with van der Waals surface area (Å²) in [5, 5.41) is 33.7. The summed E-state index contributed by atoms with van der Waals surface area (Å²) < 4.78 is 9.70. The van der Waals surface area contributed by atoms with Gasteiger partial charge in [-0.2, -0.15) is 0 Å². The maximum atomic E-state index is 5.48. The summed E-state index contributed by atoms with van der Waals surface area (Å²) >= 11 is 1.83. The average molecular weight is 1820 g/mol. The number of nitrogens with zero attached hydrogens (tertiary/aromatic N) is 9. The molecule has 0 amide bonds. The van der Waals surface area contributed by atoms with Gasteiger partial charge < -0.3 is 9.13 Å². The third-order valence-corrected chi connectivity index (χ3v) is 30.2. The van der Waals surface area contributed by atoms with Crippen molar-refractivity contribution in [3.8, 4) is 73.6 Å². The summed E-state index contributed by atoms with van der Waals surface area (Å²) in [6, 6.07) is 171. The van der Waals surface area contributed by atoms with Crippen LogP contribution in [-0.2, 0) is 0 Å². The molecule has 0 N–H and O–H groups in total. The van der Waals surface area contributed by atoms with E-state index in [2.05, 4.69) is 444 Å². The standard InChI is InChI=1S/C44H25N3S.2C44H27N3/c1-2-10-29-26(9-1)17-18-27-19-22-33-32(41(27)29)23-24-38-42(33)34-12-3-7-15-37(34)47(38)44-43(45-35-13-5-6-14-36(35)46-44)28-20-21-31-30-11-4-8-16-39(30)48-40(31)25-28;1-3-13-30(14-4-1)41-42(31-15-5-2-6-16-31)46-43-37(45-41)19-11-21-39(43)47-38-20-10-9-18-33(38)35-27-26-34-36(44(35)47)25-24-29-23-22-28-12-7-8-17-32(28)40(29)34;1-3-12-30(13-4-1)43-38-26-33(23-24-39(38)45-44(46-43)31-14-5-2-6-15-31)47-40-18-10-9-17-35(40)37-27-36-32(25-41(37)47)22-21-29-20-19-28-11-7-8-16-34(28)42(29)36/h1-25H;2*1-27H. The Hall–Kier alpha value is -18.7. The number of benzene rings is 24. The van der Waals surface area contributed by atoms with Crippen LogP contribution in [0.15, 0.2) is 479 Å². The average Bonchev–Trinajstić information content (AvgIpc) is 1.41. The van der Waals surface area contributed by atoms with Gasteiger partial charge in [0.25, 0.3) is 0 Å². The van der Waals surface area contributed by atoms with E-state index in [4.69, 9.17) is 29.9 Å². The highest BCUT2D eigenvalue weighted by atomic mass is 32.1. The Kier molecular flexibility index (Phi) is 18.4. The lowest BCUT2D eigenvalue weighted by Crippen LogP contribution is -2.03. The molecule has 24 aromatic carbocycles. The zero-order valence-electron chi connectivity index (χ0n) is 76.5. The van der Waals surface area contributed by atoms with E-state index >= 15 is 0 Å². The molecule has 0 atom stereocenters. The van der Waals surface area contributed by atoms with Gasteiger partial charge in [-0.25, -0.2) is 29.9 Å². The molecule has 0 aliphatic rings. The number of aromatic nitrogens is 9. The van der Waals surface area contributed by atoms with Gasteiger partial charge in [-0.05, 0) is 183 Å². The van der Waals surface area contributed by atoms with Crippen LogP contribution in [0.25, 0.3) is 289 Å². The molecule has 0 saturated heterocycles. The quantitative estimate of drug-likeness (QED) is 0.141. The van der Waals surface area contributed by atoms with E-state index in [0.717, 1.165) is 123 Å². The van der Waals surface area contributed by atoms with Crippen LogP contribution in [-0.4, -0.2) is 43.6 Å². The third-order valence-electron chi connectivity index (χ3n) is 29.0. The fourth-order valence-electron chi connectivity index (χ4n) is 22.6. The number of para-hydroxylation sites is 6. The highest BCUT2D eigenvalue weighted by Gasteiger charge is 2.27. The Morgan fingerprint density at radius 3 is 1.27 bits per heavy atom. The number of thiophene rings is 1. The van der Waals surface area contributed by atoms with Gasteiger partial charge in [-0.15, -0.1) is 11.3 Å². The van der Waals surface area contributed by atoms with Gasteiger partial charge in [-0.1, -0.05) is 388 Å². The van der Waals surface area contributed by atoms with Gasteiger partial charge in [0.05, 0.1) is 77.9 Å². The zero-order valence-corrected chi connectivity index (χ0v) is 77.4. The highest BCUT2D eigenvalue weighted by molar-refractivity contribution is 7.25. The molecule has 31 rings (SSSR count). The topological polar surface area (TPSA) is 92.1 Å². The Bertz CT molecular complexity index is 10700. The summed E-state index contributed by atoms with van der Waals surface area (Å²) in [7, 11) is 0. The van der Waals surface area contributed by atoms with Crippen LogP contribution in [0.5, 0.6) is 0 Å². The second-order valence-corrected chi connectivity index (χ2v) is 38.0. The van der Waals surface area contributed by atoms with Crippen LogP contribution in [0.3, 0.4) is 0 Å². The van der Waals surface area contributed by atoms with Gasteiger partial charge in [0.1, 0.15) is 11.2 Å². The van der Waals surface area contributed by atoms with E-state index in [9.17, 15) is 0 Å². The summed E-state index contributed by atoms with van der Waals surface area (Å²) in [5.41, 5.74) is 22.2. The van der Waals surface area contributed by atoms with Crippen LogP contribution >= 0.6 is 11.3 Å². The lowest BCUT2D eigenvalue weighted by atomic mass is 9.94. The van der Waals surface area contributed by atoms with Crippen molar-refractivity contribution in [1.29, 1.82) is 0 Å². The van der Waals surface area contributed by atoms with Crippen molar-refractivity contribution in [2.24, 2.45) is 0 Å². The first-order valence-electron chi connectivity index (χ1n) is 48.3. The summed E-state index contributed by atoms with van der Waals surface area (Å²) in [6.45, 7) is 0. The van der Waals surface area contributed by atoms with Crippen molar-refractivity contribution < 1.29 is 0 Å². The minimum atomic E-state index is 0.729. The molecule has 0 fully saturated rings. The molecule has 31 aromatic rings.